The van der Waals surface area contributed by atoms with Crippen molar-refractivity contribution in [2.75, 3.05) is 34.5 Å². The molecule has 0 heterocycles. The average Bonchev–Trinajstić information content (AvgIpc) is 2.36. The van der Waals surface area contributed by atoms with Gasteiger partial charge in [0.15, 0.2) is 0 Å². The zero-order valence-corrected chi connectivity index (χ0v) is 11.1. The molecule has 0 unspecified atom stereocenters. The van der Waals surface area contributed by atoms with Crippen molar-refractivity contribution in [3.05, 3.63) is 23.3 Å². The first-order valence-electron chi connectivity index (χ1n) is 5.72. The number of rotatable bonds is 6. The maximum atomic E-state index is 5.56. The van der Waals surface area contributed by atoms with Crippen LogP contribution in [-0.2, 0) is 6.42 Å². The Morgan fingerprint density at radius 3 is 2.35 bits per heavy atom. The fraction of sp³-hybridized carbons (Fsp3) is 0.538. The fourth-order valence-electron chi connectivity index (χ4n) is 1.71. The molecule has 2 N–H and O–H groups in total. The van der Waals surface area contributed by atoms with Gasteiger partial charge < -0.3 is 15.2 Å². The summed E-state index contributed by atoms with van der Waals surface area (Å²) in [6.45, 7) is 3.47. The van der Waals surface area contributed by atoms with E-state index >= 15 is 0 Å². The van der Waals surface area contributed by atoms with Crippen LogP contribution in [-0.4, -0.2) is 39.4 Å². The van der Waals surface area contributed by atoms with Crippen molar-refractivity contribution in [1.29, 1.82) is 0 Å². The van der Waals surface area contributed by atoms with Crippen LogP contribution in [0.3, 0.4) is 0 Å². The van der Waals surface area contributed by atoms with E-state index in [-0.39, 0.29) is 0 Å². The van der Waals surface area contributed by atoms with Gasteiger partial charge in [0, 0.05) is 13.2 Å². The Morgan fingerprint density at radius 1 is 1.18 bits per heavy atom. The van der Waals surface area contributed by atoms with Crippen molar-refractivity contribution < 1.29 is 9.47 Å². The van der Waals surface area contributed by atoms with Crippen LogP contribution in [0.15, 0.2) is 12.1 Å². The van der Waals surface area contributed by atoms with Gasteiger partial charge in [-0.25, -0.2) is 0 Å². The number of hydrogen-bond donors (Lipinski definition) is 1. The smallest absolute Gasteiger partial charge is 0.122 e. The van der Waals surface area contributed by atoms with Gasteiger partial charge in [-0.15, -0.1) is 0 Å². The molecule has 0 aliphatic heterocycles. The standard InChI is InChI=1S/C13H22N2O2/c1-10-7-13(17-4)11(8-12(10)16-3)5-6-15(2)9-14/h7-8H,5-6,9,14H2,1-4H3. The second-order valence-electron chi connectivity index (χ2n) is 4.15. The highest BCUT2D eigenvalue weighted by Gasteiger charge is 2.09. The van der Waals surface area contributed by atoms with E-state index in [1.165, 1.54) is 0 Å². The van der Waals surface area contributed by atoms with Gasteiger partial charge in [-0.1, -0.05) is 0 Å². The third-order valence-corrected chi connectivity index (χ3v) is 2.87. The third-order valence-electron chi connectivity index (χ3n) is 2.87. The van der Waals surface area contributed by atoms with E-state index in [1.807, 2.05) is 26.1 Å². The number of methoxy groups -OCH3 is 2. The minimum absolute atomic E-state index is 0.561. The summed E-state index contributed by atoms with van der Waals surface area (Å²) in [4.78, 5) is 2.06. The molecule has 0 fully saturated rings. The van der Waals surface area contributed by atoms with Crippen LogP contribution >= 0.6 is 0 Å². The Labute approximate surface area is 103 Å². The topological polar surface area (TPSA) is 47.7 Å². The third kappa shape index (κ3) is 3.61. The molecule has 0 aromatic heterocycles. The Balaban J connectivity index is 2.88. The quantitative estimate of drug-likeness (QED) is 0.761. The molecule has 0 saturated carbocycles. The summed E-state index contributed by atoms with van der Waals surface area (Å²) in [5.74, 6) is 1.81. The van der Waals surface area contributed by atoms with Gasteiger partial charge in [0.2, 0.25) is 0 Å². The lowest BCUT2D eigenvalue weighted by molar-refractivity contribution is 0.343. The SMILES string of the molecule is COc1cc(CCN(C)CN)c(OC)cc1C. The van der Waals surface area contributed by atoms with E-state index in [9.17, 15) is 0 Å². The Hall–Kier alpha value is -1.26. The molecule has 0 atom stereocenters. The summed E-state index contributed by atoms with van der Waals surface area (Å²) in [5.41, 5.74) is 7.79. The molecular weight excluding hydrogens is 216 g/mol. The van der Waals surface area contributed by atoms with Crippen LogP contribution in [0.5, 0.6) is 11.5 Å². The largest absolute Gasteiger partial charge is 0.496 e. The second-order valence-corrected chi connectivity index (χ2v) is 4.15. The molecule has 17 heavy (non-hydrogen) atoms. The number of likely N-dealkylation sites (N-methyl/N-ethyl adjacent to an activating group) is 1. The van der Waals surface area contributed by atoms with Gasteiger partial charge in [0.25, 0.3) is 0 Å². The first kappa shape index (κ1) is 13.8. The number of nitrogens with zero attached hydrogens (tertiary/aromatic N) is 1. The van der Waals surface area contributed by atoms with E-state index in [0.717, 1.165) is 35.6 Å². The van der Waals surface area contributed by atoms with Crippen LogP contribution in [0.4, 0.5) is 0 Å². The lowest BCUT2D eigenvalue weighted by Crippen LogP contribution is -2.27. The molecular formula is C13H22N2O2. The summed E-state index contributed by atoms with van der Waals surface area (Å²) in [6, 6.07) is 4.05. The molecule has 1 rings (SSSR count). The van der Waals surface area contributed by atoms with Gasteiger partial charge in [-0.3, -0.25) is 4.90 Å². The molecule has 0 aliphatic rings. The predicted octanol–water partition coefficient (Wildman–Crippen LogP) is 1.40. The Morgan fingerprint density at radius 2 is 1.82 bits per heavy atom. The predicted molar refractivity (Wildman–Crippen MR) is 69.7 cm³/mol. The summed E-state index contributed by atoms with van der Waals surface area (Å²) in [5, 5.41) is 0. The number of benzene rings is 1. The molecule has 4 heteroatoms. The Bertz CT molecular complexity index is 367. The van der Waals surface area contributed by atoms with Crippen LogP contribution in [0.2, 0.25) is 0 Å². The van der Waals surface area contributed by atoms with E-state index in [1.54, 1.807) is 14.2 Å². The monoisotopic (exact) mass is 238 g/mol. The minimum Gasteiger partial charge on any atom is -0.496 e. The molecule has 0 amide bonds. The van der Waals surface area contributed by atoms with Crippen LogP contribution in [0.25, 0.3) is 0 Å². The van der Waals surface area contributed by atoms with E-state index in [2.05, 4.69) is 4.90 Å². The summed E-state index contributed by atoms with van der Waals surface area (Å²) < 4.78 is 10.7. The van der Waals surface area contributed by atoms with Crippen molar-refractivity contribution in [3.63, 3.8) is 0 Å². The number of hydrogen-bond acceptors (Lipinski definition) is 4. The zero-order chi connectivity index (χ0) is 12.8. The van der Waals surface area contributed by atoms with Gasteiger partial charge in [-0.2, -0.15) is 0 Å². The van der Waals surface area contributed by atoms with E-state index in [0.29, 0.717) is 6.67 Å². The van der Waals surface area contributed by atoms with Crippen molar-refractivity contribution in [3.8, 4) is 11.5 Å². The normalized spacial score (nSPS) is 10.7. The molecule has 1 aromatic rings. The van der Waals surface area contributed by atoms with Crippen LogP contribution < -0.4 is 15.2 Å². The molecule has 0 spiro atoms. The van der Waals surface area contributed by atoms with Crippen molar-refractivity contribution in [2.24, 2.45) is 5.73 Å². The molecule has 96 valence electrons. The molecule has 0 saturated heterocycles. The summed E-state index contributed by atoms with van der Waals surface area (Å²) in [6.07, 6.45) is 0.896. The molecule has 0 radical (unpaired) electrons. The Kier molecular flexibility index (Phi) is 5.25. The van der Waals surface area contributed by atoms with Crippen molar-refractivity contribution in [2.45, 2.75) is 13.3 Å². The highest BCUT2D eigenvalue weighted by Crippen LogP contribution is 2.28. The highest BCUT2D eigenvalue weighted by molar-refractivity contribution is 5.46. The van der Waals surface area contributed by atoms with Gasteiger partial charge >= 0.3 is 0 Å². The first-order chi connectivity index (χ1) is 8.12. The van der Waals surface area contributed by atoms with Gasteiger partial charge in [0.05, 0.1) is 14.2 Å². The highest BCUT2D eigenvalue weighted by atomic mass is 16.5. The first-order valence-corrected chi connectivity index (χ1v) is 5.72. The lowest BCUT2D eigenvalue weighted by atomic mass is 10.1. The van der Waals surface area contributed by atoms with E-state index < -0.39 is 0 Å². The second kappa shape index (κ2) is 6.47. The average molecular weight is 238 g/mol. The van der Waals surface area contributed by atoms with E-state index in [4.69, 9.17) is 15.2 Å². The molecule has 4 nitrogen and oxygen atoms in total. The fourth-order valence-corrected chi connectivity index (χ4v) is 1.71. The number of aryl methyl sites for hydroxylation is 1. The lowest BCUT2D eigenvalue weighted by Gasteiger charge is -2.16. The van der Waals surface area contributed by atoms with Crippen LogP contribution in [0.1, 0.15) is 11.1 Å². The molecule has 0 aliphatic carbocycles. The van der Waals surface area contributed by atoms with Gasteiger partial charge in [0.1, 0.15) is 11.5 Å². The van der Waals surface area contributed by atoms with Crippen molar-refractivity contribution >= 4 is 0 Å². The number of ether oxygens (including phenoxy) is 2. The zero-order valence-electron chi connectivity index (χ0n) is 11.1. The number of nitrogens with two attached hydrogens (primary N) is 1. The summed E-state index contributed by atoms with van der Waals surface area (Å²) in [7, 11) is 5.37. The maximum absolute atomic E-state index is 5.56. The summed E-state index contributed by atoms with van der Waals surface area (Å²) >= 11 is 0. The van der Waals surface area contributed by atoms with Gasteiger partial charge in [-0.05, 0) is 43.7 Å². The minimum atomic E-state index is 0.561. The molecule has 0 bridgehead atoms. The molecule has 1 aromatic carbocycles. The van der Waals surface area contributed by atoms with Crippen LogP contribution in [0, 0.1) is 6.92 Å². The maximum Gasteiger partial charge on any atom is 0.122 e. The van der Waals surface area contributed by atoms with Crippen molar-refractivity contribution in [1.82, 2.24) is 4.90 Å².